The SMILES string of the molecule is CC(C)(C)OC(=O)N1CC[C@H]([C@H](Cc2cccc(-c3cccnc3OC3CCCCC3)c2)C(=O)O)C1. The van der Waals surface area contributed by atoms with Gasteiger partial charge in [-0.1, -0.05) is 30.7 Å². The summed E-state index contributed by atoms with van der Waals surface area (Å²) in [5.74, 6) is -0.902. The molecule has 194 valence electrons. The van der Waals surface area contributed by atoms with Crippen molar-refractivity contribution in [2.24, 2.45) is 11.8 Å². The number of pyridine rings is 1. The molecule has 0 bridgehead atoms. The first kappa shape index (κ1) is 26.0. The molecule has 2 aliphatic rings. The number of ether oxygens (including phenoxy) is 2. The van der Waals surface area contributed by atoms with Crippen molar-refractivity contribution in [3.8, 4) is 17.0 Å². The minimum Gasteiger partial charge on any atom is -0.481 e. The second-order valence-electron chi connectivity index (χ2n) is 11.1. The van der Waals surface area contributed by atoms with Gasteiger partial charge in [-0.3, -0.25) is 4.79 Å². The van der Waals surface area contributed by atoms with Gasteiger partial charge in [-0.05, 0) is 88.5 Å². The van der Waals surface area contributed by atoms with Gasteiger partial charge in [0.05, 0.1) is 5.92 Å². The van der Waals surface area contributed by atoms with Crippen molar-refractivity contribution in [3.05, 3.63) is 48.2 Å². The summed E-state index contributed by atoms with van der Waals surface area (Å²) in [6, 6.07) is 11.9. The number of carbonyl (C=O) groups excluding carboxylic acids is 1. The molecule has 2 fully saturated rings. The number of hydrogen-bond acceptors (Lipinski definition) is 5. The average Bonchev–Trinajstić information content (AvgIpc) is 3.33. The van der Waals surface area contributed by atoms with E-state index in [1.165, 1.54) is 19.3 Å². The van der Waals surface area contributed by atoms with Crippen LogP contribution in [0.2, 0.25) is 0 Å². The van der Waals surface area contributed by atoms with Crippen molar-refractivity contribution in [1.82, 2.24) is 9.88 Å². The molecule has 1 aliphatic heterocycles. The van der Waals surface area contributed by atoms with Crippen molar-refractivity contribution in [2.75, 3.05) is 13.1 Å². The highest BCUT2D eigenvalue weighted by Crippen LogP contribution is 2.33. The van der Waals surface area contributed by atoms with E-state index in [0.29, 0.717) is 31.8 Å². The maximum absolute atomic E-state index is 12.5. The van der Waals surface area contributed by atoms with Crippen molar-refractivity contribution < 1.29 is 24.2 Å². The smallest absolute Gasteiger partial charge is 0.410 e. The molecule has 1 aromatic carbocycles. The maximum atomic E-state index is 12.5. The van der Waals surface area contributed by atoms with Crippen LogP contribution in [0, 0.1) is 11.8 Å². The molecule has 0 spiro atoms. The van der Waals surface area contributed by atoms with Gasteiger partial charge >= 0.3 is 12.1 Å². The molecule has 2 heterocycles. The van der Waals surface area contributed by atoms with E-state index in [1.54, 1.807) is 11.1 Å². The number of carboxylic acid groups (broad SMARTS) is 1. The topological polar surface area (TPSA) is 89.0 Å². The Labute approximate surface area is 213 Å². The third-order valence-corrected chi connectivity index (χ3v) is 7.06. The summed E-state index contributed by atoms with van der Waals surface area (Å²) in [5.41, 5.74) is 2.27. The monoisotopic (exact) mass is 494 g/mol. The lowest BCUT2D eigenvalue weighted by atomic mass is 9.85. The lowest BCUT2D eigenvalue weighted by Crippen LogP contribution is -2.36. The van der Waals surface area contributed by atoms with E-state index in [9.17, 15) is 14.7 Å². The molecular weight excluding hydrogens is 456 g/mol. The largest absolute Gasteiger partial charge is 0.481 e. The number of carbonyl (C=O) groups is 2. The number of hydrogen-bond donors (Lipinski definition) is 1. The van der Waals surface area contributed by atoms with Gasteiger partial charge in [-0.15, -0.1) is 0 Å². The van der Waals surface area contributed by atoms with Crippen LogP contribution in [0.3, 0.4) is 0 Å². The molecule has 4 rings (SSSR count). The summed E-state index contributed by atoms with van der Waals surface area (Å²) >= 11 is 0. The molecule has 1 aromatic heterocycles. The van der Waals surface area contributed by atoms with Crippen LogP contribution in [0.25, 0.3) is 11.1 Å². The molecule has 1 N–H and O–H groups in total. The van der Waals surface area contributed by atoms with E-state index in [0.717, 1.165) is 29.5 Å². The second kappa shape index (κ2) is 11.3. The van der Waals surface area contributed by atoms with Crippen molar-refractivity contribution in [1.29, 1.82) is 0 Å². The minimum atomic E-state index is -0.834. The molecule has 1 saturated heterocycles. The Morgan fingerprint density at radius 2 is 1.89 bits per heavy atom. The van der Waals surface area contributed by atoms with E-state index < -0.39 is 17.5 Å². The molecule has 0 unspecified atom stereocenters. The summed E-state index contributed by atoms with van der Waals surface area (Å²) in [4.78, 5) is 30.9. The Balaban J connectivity index is 1.47. The lowest BCUT2D eigenvalue weighted by molar-refractivity contribution is -0.143. The van der Waals surface area contributed by atoms with Crippen molar-refractivity contribution in [3.63, 3.8) is 0 Å². The van der Waals surface area contributed by atoms with Gasteiger partial charge in [0.25, 0.3) is 0 Å². The van der Waals surface area contributed by atoms with Crippen LogP contribution in [0.4, 0.5) is 4.79 Å². The molecule has 1 aliphatic carbocycles. The molecule has 7 nitrogen and oxygen atoms in total. The van der Waals surface area contributed by atoms with E-state index in [2.05, 4.69) is 4.98 Å². The molecule has 1 saturated carbocycles. The normalized spacial score (nSPS) is 19.6. The van der Waals surface area contributed by atoms with Crippen LogP contribution in [-0.4, -0.2) is 51.8 Å². The number of amides is 1. The zero-order valence-corrected chi connectivity index (χ0v) is 21.6. The van der Waals surface area contributed by atoms with Crippen molar-refractivity contribution >= 4 is 12.1 Å². The second-order valence-corrected chi connectivity index (χ2v) is 11.1. The standard InChI is InChI=1S/C29H38N2O5/c1-29(2,3)36-28(34)31-16-14-22(19-31)25(27(32)33)18-20-9-7-10-21(17-20)24-13-8-15-30-26(24)35-23-11-5-4-6-12-23/h7-10,13,15,17,22-23,25H,4-6,11-12,14,16,18-19H2,1-3H3,(H,32,33)/t22-,25-/m0/s1. The Morgan fingerprint density at radius 3 is 2.61 bits per heavy atom. The fourth-order valence-corrected chi connectivity index (χ4v) is 5.23. The number of aromatic nitrogens is 1. The van der Waals surface area contributed by atoms with E-state index >= 15 is 0 Å². The summed E-state index contributed by atoms with van der Waals surface area (Å²) in [6.45, 7) is 6.41. The zero-order valence-electron chi connectivity index (χ0n) is 21.6. The van der Waals surface area contributed by atoms with Gasteiger partial charge in [-0.2, -0.15) is 0 Å². The summed E-state index contributed by atoms with van der Waals surface area (Å²) in [5, 5.41) is 10.1. The zero-order chi connectivity index (χ0) is 25.7. The third-order valence-electron chi connectivity index (χ3n) is 7.06. The predicted octanol–water partition coefficient (Wildman–Crippen LogP) is 5.96. The molecule has 36 heavy (non-hydrogen) atoms. The number of likely N-dealkylation sites (tertiary alicyclic amines) is 1. The summed E-state index contributed by atoms with van der Waals surface area (Å²) in [7, 11) is 0. The average molecular weight is 495 g/mol. The molecule has 0 radical (unpaired) electrons. The highest BCUT2D eigenvalue weighted by atomic mass is 16.6. The summed E-state index contributed by atoms with van der Waals surface area (Å²) in [6.07, 6.45) is 8.36. The Kier molecular flexibility index (Phi) is 8.17. The minimum absolute atomic E-state index is 0.123. The first-order valence-electron chi connectivity index (χ1n) is 13.1. The lowest BCUT2D eigenvalue weighted by Gasteiger charge is -2.25. The van der Waals surface area contributed by atoms with Crippen LogP contribution in [0.1, 0.15) is 64.9 Å². The molecule has 2 aromatic rings. The van der Waals surface area contributed by atoms with Gasteiger partial charge in [0, 0.05) is 24.8 Å². The molecular formula is C29H38N2O5. The highest BCUT2D eigenvalue weighted by molar-refractivity contribution is 5.73. The van der Waals surface area contributed by atoms with Crippen molar-refractivity contribution in [2.45, 2.75) is 77.4 Å². The van der Waals surface area contributed by atoms with Crippen LogP contribution in [0.15, 0.2) is 42.6 Å². The number of carboxylic acids is 1. The number of aliphatic carboxylic acids is 1. The third kappa shape index (κ3) is 6.77. The Hall–Kier alpha value is -3.09. The number of rotatable bonds is 7. The number of nitrogens with zero attached hydrogens (tertiary/aromatic N) is 2. The first-order chi connectivity index (χ1) is 17.2. The highest BCUT2D eigenvalue weighted by Gasteiger charge is 2.37. The van der Waals surface area contributed by atoms with Gasteiger partial charge in [0.15, 0.2) is 0 Å². The van der Waals surface area contributed by atoms with E-state index in [-0.39, 0.29) is 18.1 Å². The Morgan fingerprint density at radius 1 is 1.11 bits per heavy atom. The maximum Gasteiger partial charge on any atom is 0.410 e. The Bertz CT molecular complexity index is 1060. The van der Waals surface area contributed by atoms with Crippen LogP contribution in [0.5, 0.6) is 5.88 Å². The first-order valence-corrected chi connectivity index (χ1v) is 13.1. The fraction of sp³-hybridized carbons (Fsp3) is 0.552. The van der Waals surface area contributed by atoms with E-state index in [4.69, 9.17) is 9.47 Å². The van der Waals surface area contributed by atoms with Gasteiger partial charge in [0.1, 0.15) is 11.7 Å². The molecule has 7 heteroatoms. The van der Waals surface area contributed by atoms with Crippen LogP contribution in [-0.2, 0) is 16.0 Å². The summed E-state index contributed by atoms with van der Waals surface area (Å²) < 4.78 is 11.8. The van der Waals surface area contributed by atoms with Gasteiger partial charge in [0.2, 0.25) is 5.88 Å². The quantitative estimate of drug-likeness (QED) is 0.511. The van der Waals surface area contributed by atoms with Gasteiger partial charge < -0.3 is 19.5 Å². The van der Waals surface area contributed by atoms with Crippen LogP contribution < -0.4 is 4.74 Å². The molecule has 1 amide bonds. The fourth-order valence-electron chi connectivity index (χ4n) is 5.23. The van der Waals surface area contributed by atoms with Crippen LogP contribution >= 0.6 is 0 Å². The van der Waals surface area contributed by atoms with E-state index in [1.807, 2.05) is 57.2 Å². The molecule has 2 atom stereocenters. The van der Waals surface area contributed by atoms with Gasteiger partial charge in [-0.25, -0.2) is 9.78 Å². The number of benzene rings is 1. The predicted molar refractivity (Wildman–Crippen MR) is 138 cm³/mol.